The quantitative estimate of drug-likeness (QED) is 0.845. The maximum absolute atomic E-state index is 13.6. The lowest BCUT2D eigenvalue weighted by Gasteiger charge is -2.39. The molecule has 2 atom stereocenters. The van der Waals surface area contributed by atoms with Gasteiger partial charge in [0, 0.05) is 38.1 Å². The van der Waals surface area contributed by atoms with Gasteiger partial charge in [0.1, 0.15) is 11.6 Å². The highest BCUT2D eigenvalue weighted by atomic mass is 19.1. The van der Waals surface area contributed by atoms with Gasteiger partial charge in [0.25, 0.3) is 5.91 Å². The number of carbonyl (C=O) groups excluding carboxylic acids is 1. The third-order valence-electron chi connectivity index (χ3n) is 5.95. The molecule has 0 radical (unpaired) electrons. The van der Waals surface area contributed by atoms with Crippen molar-refractivity contribution in [3.05, 3.63) is 59.7 Å². The third kappa shape index (κ3) is 5.32. The summed E-state index contributed by atoms with van der Waals surface area (Å²) in [4.78, 5) is 19.1. The monoisotopic (exact) mass is 397 g/mol. The van der Waals surface area contributed by atoms with E-state index in [1.165, 1.54) is 17.7 Å². The van der Waals surface area contributed by atoms with Gasteiger partial charge in [-0.2, -0.15) is 0 Å². The van der Waals surface area contributed by atoms with Crippen LogP contribution in [-0.4, -0.2) is 41.5 Å². The van der Waals surface area contributed by atoms with Crippen molar-refractivity contribution >= 4 is 5.91 Å². The molecule has 1 N–H and O–H groups in total. The first-order valence-electron chi connectivity index (χ1n) is 10.5. The Labute approximate surface area is 171 Å². The van der Waals surface area contributed by atoms with Gasteiger partial charge in [-0.05, 0) is 67.0 Å². The number of nitrogens with zero attached hydrogens (tertiary/aromatic N) is 2. The maximum Gasteiger partial charge on any atom is 0.258 e. The number of aromatic nitrogens is 1. The molecule has 0 bridgehead atoms. The molecule has 2 aliphatic rings. The molecule has 3 heterocycles. The van der Waals surface area contributed by atoms with Crippen LogP contribution in [0.2, 0.25) is 0 Å². The topological polar surface area (TPSA) is 54.5 Å². The van der Waals surface area contributed by atoms with E-state index in [1.54, 1.807) is 12.3 Å². The molecular formula is C23H28FN3O2. The second-order valence-electron chi connectivity index (χ2n) is 8.11. The summed E-state index contributed by atoms with van der Waals surface area (Å²) < 4.78 is 19.3. The van der Waals surface area contributed by atoms with Crippen molar-refractivity contribution in [2.75, 3.05) is 19.7 Å². The molecule has 29 heavy (non-hydrogen) atoms. The van der Waals surface area contributed by atoms with Gasteiger partial charge < -0.3 is 10.1 Å². The number of carbonyl (C=O) groups is 1. The number of pyridine rings is 1. The van der Waals surface area contributed by atoms with Gasteiger partial charge in [-0.3, -0.25) is 14.7 Å². The molecule has 2 aromatic rings. The first-order chi connectivity index (χ1) is 14.2. The Bertz CT molecular complexity index is 830. The number of nitrogens with one attached hydrogen (secondary N) is 1. The lowest BCUT2D eigenvalue weighted by molar-refractivity contribution is -0.124. The third-order valence-corrected chi connectivity index (χ3v) is 5.95. The molecule has 5 nitrogen and oxygen atoms in total. The summed E-state index contributed by atoms with van der Waals surface area (Å²) in [6.45, 7) is 2.78. The van der Waals surface area contributed by atoms with Gasteiger partial charge in [-0.15, -0.1) is 0 Å². The van der Waals surface area contributed by atoms with Gasteiger partial charge in [-0.1, -0.05) is 12.5 Å². The fraction of sp³-hybridized carbons (Fsp3) is 0.478. The molecule has 0 unspecified atom stereocenters. The van der Waals surface area contributed by atoms with Gasteiger partial charge in [0.15, 0.2) is 6.61 Å². The number of halogens is 1. The molecule has 0 saturated carbocycles. The zero-order valence-electron chi connectivity index (χ0n) is 16.6. The number of fused-ring (bicyclic) bond motifs is 2. The number of likely N-dealkylation sites (tertiary alicyclic amines) is 1. The fourth-order valence-corrected chi connectivity index (χ4v) is 4.48. The minimum Gasteiger partial charge on any atom is -0.483 e. The number of benzene rings is 1. The van der Waals surface area contributed by atoms with Gasteiger partial charge in [-0.25, -0.2) is 4.39 Å². The molecule has 154 valence electrons. The highest BCUT2D eigenvalue weighted by Crippen LogP contribution is 2.27. The van der Waals surface area contributed by atoms with Crippen molar-refractivity contribution < 1.29 is 13.9 Å². The van der Waals surface area contributed by atoms with Crippen molar-refractivity contribution in [3.63, 3.8) is 0 Å². The highest BCUT2D eigenvalue weighted by Gasteiger charge is 2.30. The molecule has 1 aromatic heterocycles. The fourth-order valence-electron chi connectivity index (χ4n) is 4.48. The maximum atomic E-state index is 13.6. The van der Waals surface area contributed by atoms with Gasteiger partial charge in [0.2, 0.25) is 0 Å². The molecular weight excluding hydrogens is 369 g/mol. The van der Waals surface area contributed by atoms with E-state index in [1.807, 2.05) is 12.3 Å². The predicted octanol–water partition coefficient (Wildman–Crippen LogP) is 3.33. The van der Waals surface area contributed by atoms with Crippen LogP contribution in [0.3, 0.4) is 0 Å². The van der Waals surface area contributed by atoms with Crippen molar-refractivity contribution in [3.8, 4) is 5.75 Å². The van der Waals surface area contributed by atoms with E-state index < -0.39 is 0 Å². The molecule has 4 rings (SSSR count). The van der Waals surface area contributed by atoms with E-state index >= 15 is 0 Å². The zero-order chi connectivity index (χ0) is 20.1. The largest absolute Gasteiger partial charge is 0.483 e. The Kier molecular flexibility index (Phi) is 6.39. The molecule has 0 aliphatic carbocycles. The Morgan fingerprint density at radius 1 is 1.24 bits per heavy atom. The first-order valence-corrected chi connectivity index (χ1v) is 10.5. The number of hydrogen-bond donors (Lipinski definition) is 1. The number of amides is 1. The summed E-state index contributed by atoms with van der Waals surface area (Å²) in [5.41, 5.74) is 2.06. The number of hydrogen-bond acceptors (Lipinski definition) is 4. The molecule has 6 heteroatoms. The SMILES string of the molecule is O=C1COc2ccc(F)cc2CCCC[C@@H]2CN(Cc3cccnc3)CC[C@@H]2N1. The van der Waals surface area contributed by atoms with E-state index in [2.05, 4.69) is 21.3 Å². The molecule has 1 fully saturated rings. The van der Waals surface area contributed by atoms with Crippen LogP contribution < -0.4 is 10.1 Å². The van der Waals surface area contributed by atoms with E-state index in [4.69, 9.17) is 4.74 Å². The van der Waals surface area contributed by atoms with Gasteiger partial charge >= 0.3 is 0 Å². The summed E-state index contributed by atoms with van der Waals surface area (Å²) in [5, 5.41) is 3.19. The zero-order valence-corrected chi connectivity index (χ0v) is 16.6. The predicted molar refractivity (Wildman–Crippen MR) is 109 cm³/mol. The van der Waals surface area contributed by atoms with Crippen LogP contribution in [0.1, 0.15) is 36.8 Å². The van der Waals surface area contributed by atoms with Crippen LogP contribution in [0.5, 0.6) is 5.75 Å². The first kappa shape index (κ1) is 19.8. The van der Waals surface area contributed by atoms with Crippen molar-refractivity contribution in [1.82, 2.24) is 15.2 Å². The number of ether oxygens (including phenoxy) is 1. The van der Waals surface area contributed by atoms with Crippen LogP contribution in [-0.2, 0) is 17.8 Å². The molecule has 1 saturated heterocycles. The summed E-state index contributed by atoms with van der Waals surface area (Å²) in [5.74, 6) is 0.666. The van der Waals surface area contributed by atoms with Crippen molar-refractivity contribution in [2.45, 2.75) is 44.7 Å². The Balaban J connectivity index is 1.42. The number of piperidine rings is 1. The molecule has 1 aromatic carbocycles. The number of rotatable bonds is 2. The lowest BCUT2D eigenvalue weighted by atomic mass is 9.87. The van der Waals surface area contributed by atoms with E-state index in [-0.39, 0.29) is 24.4 Å². The molecule has 1 amide bonds. The van der Waals surface area contributed by atoms with Crippen LogP contribution in [0.15, 0.2) is 42.7 Å². The van der Waals surface area contributed by atoms with E-state index in [0.717, 1.165) is 57.3 Å². The van der Waals surface area contributed by atoms with Crippen LogP contribution >= 0.6 is 0 Å². The minimum atomic E-state index is -0.262. The smallest absolute Gasteiger partial charge is 0.258 e. The summed E-state index contributed by atoms with van der Waals surface area (Å²) in [6.07, 6.45) is 8.52. The Morgan fingerprint density at radius 2 is 2.17 bits per heavy atom. The average Bonchev–Trinajstić information content (AvgIpc) is 2.72. The van der Waals surface area contributed by atoms with Crippen LogP contribution in [0.4, 0.5) is 4.39 Å². The summed E-state index contributed by atoms with van der Waals surface area (Å²) >= 11 is 0. The Morgan fingerprint density at radius 3 is 3.03 bits per heavy atom. The second-order valence-corrected chi connectivity index (χ2v) is 8.11. The van der Waals surface area contributed by atoms with E-state index in [0.29, 0.717) is 11.7 Å². The van der Waals surface area contributed by atoms with Crippen molar-refractivity contribution in [1.29, 1.82) is 0 Å². The Hall–Kier alpha value is -2.47. The lowest BCUT2D eigenvalue weighted by Crippen LogP contribution is -2.51. The minimum absolute atomic E-state index is 0.0265. The van der Waals surface area contributed by atoms with Crippen LogP contribution in [0.25, 0.3) is 0 Å². The molecule has 0 spiro atoms. The van der Waals surface area contributed by atoms with Crippen molar-refractivity contribution in [2.24, 2.45) is 5.92 Å². The molecule has 2 aliphatic heterocycles. The normalized spacial score (nSPS) is 23.6. The van der Waals surface area contributed by atoms with E-state index in [9.17, 15) is 9.18 Å². The average molecular weight is 397 g/mol. The highest BCUT2D eigenvalue weighted by molar-refractivity contribution is 5.78. The van der Waals surface area contributed by atoms with Gasteiger partial charge in [0.05, 0.1) is 0 Å². The number of aryl methyl sites for hydroxylation is 1. The summed E-state index contributed by atoms with van der Waals surface area (Å²) in [6, 6.07) is 8.80. The standard InChI is InChI=1S/C23H28FN3O2/c24-20-7-8-22-18(12-20)5-1-2-6-19-15-27(14-17-4-3-10-25-13-17)11-9-21(19)26-23(28)16-29-22/h3-4,7-8,10,12-13,19,21H,1-2,5-6,9,11,14-16H2,(H,26,28)/t19-,21+/m1/s1. The second kappa shape index (κ2) is 9.35. The summed E-state index contributed by atoms with van der Waals surface area (Å²) in [7, 11) is 0. The van der Waals surface area contributed by atoms with Crippen LogP contribution in [0, 0.1) is 11.7 Å².